The highest BCUT2D eigenvalue weighted by Crippen LogP contribution is 2.49. The van der Waals surface area contributed by atoms with E-state index >= 15 is 0 Å². The van der Waals surface area contributed by atoms with Gasteiger partial charge < -0.3 is 10.2 Å². The van der Waals surface area contributed by atoms with Gasteiger partial charge in [0.2, 0.25) is 0 Å². The van der Waals surface area contributed by atoms with E-state index in [1.165, 1.54) is 11.3 Å². The second-order valence-electron chi connectivity index (χ2n) is 3.87. The summed E-state index contributed by atoms with van der Waals surface area (Å²) in [5.74, 6) is -0.840. The maximum absolute atomic E-state index is 10.8. The van der Waals surface area contributed by atoms with E-state index in [0.29, 0.717) is 0 Å². The van der Waals surface area contributed by atoms with Gasteiger partial charge in [-0.2, -0.15) is 0 Å². The average Bonchev–Trinajstić information content (AvgIpc) is 2.89. The maximum atomic E-state index is 10.8. The van der Waals surface area contributed by atoms with Crippen molar-refractivity contribution in [2.45, 2.75) is 24.9 Å². The summed E-state index contributed by atoms with van der Waals surface area (Å²) in [5.41, 5.74) is -1.16. The van der Waals surface area contributed by atoms with Gasteiger partial charge in [0, 0.05) is 4.88 Å². The van der Waals surface area contributed by atoms with E-state index in [9.17, 15) is 9.90 Å². The van der Waals surface area contributed by atoms with Crippen molar-refractivity contribution >= 4 is 33.2 Å². The number of aliphatic carboxylic acids is 1. The summed E-state index contributed by atoms with van der Waals surface area (Å²) in [4.78, 5) is 11.5. The van der Waals surface area contributed by atoms with Crippen molar-refractivity contribution in [3.05, 3.63) is 20.8 Å². The zero-order chi connectivity index (χ0) is 11.1. The number of rotatable bonds is 4. The molecular weight excluding hydrogens is 280 g/mol. The van der Waals surface area contributed by atoms with Crippen LogP contribution in [0.5, 0.6) is 0 Å². The number of thiophene rings is 1. The van der Waals surface area contributed by atoms with Crippen molar-refractivity contribution in [2.75, 3.05) is 0 Å². The van der Waals surface area contributed by atoms with Crippen LogP contribution in [0.25, 0.3) is 0 Å². The largest absolute Gasteiger partial charge is 0.481 e. The summed E-state index contributed by atoms with van der Waals surface area (Å²) in [6.07, 6.45) is 1.63. The second kappa shape index (κ2) is 3.88. The van der Waals surface area contributed by atoms with Gasteiger partial charge in [0.1, 0.15) is 5.60 Å². The second-order valence-corrected chi connectivity index (χ2v) is 6.34. The van der Waals surface area contributed by atoms with E-state index < -0.39 is 11.6 Å². The highest BCUT2D eigenvalue weighted by atomic mass is 79.9. The number of carbonyl (C=O) groups is 1. The van der Waals surface area contributed by atoms with Gasteiger partial charge in [-0.15, -0.1) is 11.3 Å². The van der Waals surface area contributed by atoms with E-state index in [4.69, 9.17) is 5.11 Å². The number of aliphatic hydroxyl groups is 1. The first-order valence-electron chi connectivity index (χ1n) is 4.72. The first kappa shape index (κ1) is 11.1. The smallest absolute Gasteiger partial charge is 0.306 e. The minimum atomic E-state index is -1.16. The molecule has 0 aromatic carbocycles. The molecule has 1 aliphatic carbocycles. The predicted molar refractivity (Wildman–Crippen MR) is 60.9 cm³/mol. The standard InChI is InChI=1S/C10H11BrO3S/c11-8-4-3-7(15-8)10(14,5-9(12)13)6-1-2-6/h3-4,6,14H,1-2,5H2,(H,12,13). The SMILES string of the molecule is O=C(O)CC(O)(c1ccc(Br)s1)C1CC1. The molecule has 1 fully saturated rings. The van der Waals surface area contributed by atoms with Crippen molar-refractivity contribution in [3.63, 3.8) is 0 Å². The molecule has 1 heterocycles. The lowest BCUT2D eigenvalue weighted by atomic mass is 9.92. The van der Waals surface area contributed by atoms with E-state index in [1.54, 1.807) is 6.07 Å². The molecule has 5 heteroatoms. The molecule has 3 nitrogen and oxygen atoms in total. The molecule has 0 aliphatic heterocycles. The quantitative estimate of drug-likeness (QED) is 0.896. The van der Waals surface area contributed by atoms with Crippen molar-refractivity contribution in [2.24, 2.45) is 5.92 Å². The summed E-state index contributed by atoms with van der Waals surface area (Å²) in [5, 5.41) is 19.2. The maximum Gasteiger partial charge on any atom is 0.306 e. The van der Waals surface area contributed by atoms with Crippen LogP contribution in [-0.4, -0.2) is 16.2 Å². The number of carboxylic acids is 1. The van der Waals surface area contributed by atoms with Crippen molar-refractivity contribution in [1.82, 2.24) is 0 Å². The minimum Gasteiger partial charge on any atom is -0.481 e. The number of carboxylic acid groups (broad SMARTS) is 1. The lowest BCUT2D eigenvalue weighted by Gasteiger charge is -2.24. The molecular formula is C10H11BrO3S. The number of halogens is 1. The van der Waals surface area contributed by atoms with Gasteiger partial charge in [-0.3, -0.25) is 4.79 Å². The third-order valence-electron chi connectivity index (χ3n) is 2.67. The van der Waals surface area contributed by atoms with Gasteiger partial charge >= 0.3 is 5.97 Å². The Kier molecular flexibility index (Phi) is 2.87. The third kappa shape index (κ3) is 2.24. The fraction of sp³-hybridized carbons (Fsp3) is 0.500. The highest BCUT2D eigenvalue weighted by molar-refractivity contribution is 9.11. The molecule has 1 saturated carbocycles. The number of hydrogen-bond donors (Lipinski definition) is 2. The molecule has 1 aliphatic rings. The molecule has 0 radical (unpaired) electrons. The van der Waals surface area contributed by atoms with Crippen molar-refractivity contribution < 1.29 is 15.0 Å². The zero-order valence-electron chi connectivity index (χ0n) is 7.94. The van der Waals surface area contributed by atoms with Crippen LogP contribution in [0.2, 0.25) is 0 Å². The Morgan fingerprint density at radius 1 is 1.60 bits per heavy atom. The molecule has 0 amide bonds. The van der Waals surface area contributed by atoms with Crippen LogP contribution in [0.1, 0.15) is 24.1 Å². The molecule has 0 spiro atoms. The Morgan fingerprint density at radius 2 is 2.27 bits per heavy atom. The van der Waals surface area contributed by atoms with Crippen molar-refractivity contribution in [3.8, 4) is 0 Å². The summed E-state index contributed by atoms with van der Waals surface area (Å²) in [6.45, 7) is 0. The Morgan fingerprint density at radius 3 is 2.67 bits per heavy atom. The lowest BCUT2D eigenvalue weighted by Crippen LogP contribution is -2.30. The Labute approximate surface area is 99.9 Å². The van der Waals surface area contributed by atoms with Crippen molar-refractivity contribution in [1.29, 1.82) is 0 Å². The van der Waals surface area contributed by atoms with E-state index in [-0.39, 0.29) is 12.3 Å². The number of hydrogen-bond acceptors (Lipinski definition) is 3. The van der Waals surface area contributed by atoms with Gasteiger partial charge in [0.15, 0.2) is 0 Å². The van der Waals surface area contributed by atoms with Gasteiger partial charge in [0.05, 0.1) is 10.2 Å². The topological polar surface area (TPSA) is 57.5 Å². The van der Waals surface area contributed by atoms with E-state index in [1.807, 2.05) is 6.07 Å². The average molecular weight is 291 g/mol. The van der Waals surface area contributed by atoms with Crippen LogP contribution >= 0.6 is 27.3 Å². The third-order valence-corrected chi connectivity index (χ3v) is 4.46. The summed E-state index contributed by atoms with van der Waals surface area (Å²) in [7, 11) is 0. The summed E-state index contributed by atoms with van der Waals surface area (Å²) < 4.78 is 0.918. The fourth-order valence-electron chi connectivity index (χ4n) is 1.77. The van der Waals surface area contributed by atoms with Crippen LogP contribution in [0.3, 0.4) is 0 Å². The normalized spacial score (nSPS) is 19.9. The minimum absolute atomic E-state index is 0.110. The summed E-state index contributed by atoms with van der Waals surface area (Å²) in [6, 6.07) is 3.64. The molecule has 1 unspecified atom stereocenters. The van der Waals surface area contributed by atoms with Crippen LogP contribution in [0, 0.1) is 5.92 Å². The van der Waals surface area contributed by atoms with E-state index in [2.05, 4.69) is 15.9 Å². The van der Waals surface area contributed by atoms with Crippen LogP contribution in [-0.2, 0) is 10.4 Å². The highest BCUT2D eigenvalue weighted by Gasteiger charge is 2.47. The van der Waals surface area contributed by atoms with E-state index in [0.717, 1.165) is 21.5 Å². The summed E-state index contributed by atoms with van der Waals surface area (Å²) >= 11 is 4.73. The fourth-order valence-corrected chi connectivity index (χ4v) is 3.32. The molecule has 2 N–H and O–H groups in total. The molecule has 0 bridgehead atoms. The Balaban J connectivity index is 2.29. The molecule has 82 valence electrons. The molecule has 15 heavy (non-hydrogen) atoms. The molecule has 0 saturated heterocycles. The molecule has 1 atom stereocenters. The zero-order valence-corrected chi connectivity index (χ0v) is 10.3. The predicted octanol–water partition coefficient (Wildman–Crippen LogP) is 2.58. The Hall–Kier alpha value is -0.390. The lowest BCUT2D eigenvalue weighted by molar-refractivity contribution is -0.143. The van der Waals surface area contributed by atoms with Crippen LogP contribution in [0.4, 0.5) is 0 Å². The van der Waals surface area contributed by atoms with Crippen LogP contribution < -0.4 is 0 Å². The van der Waals surface area contributed by atoms with Gasteiger partial charge in [-0.25, -0.2) is 0 Å². The van der Waals surface area contributed by atoms with Gasteiger partial charge in [-0.05, 0) is 46.8 Å². The van der Waals surface area contributed by atoms with Crippen LogP contribution in [0.15, 0.2) is 15.9 Å². The first-order valence-corrected chi connectivity index (χ1v) is 6.33. The Bertz CT molecular complexity index is 386. The van der Waals surface area contributed by atoms with Gasteiger partial charge in [0.25, 0.3) is 0 Å². The molecule has 1 aromatic heterocycles. The monoisotopic (exact) mass is 290 g/mol. The molecule has 2 rings (SSSR count). The van der Waals surface area contributed by atoms with Gasteiger partial charge in [-0.1, -0.05) is 0 Å². The molecule has 1 aromatic rings. The first-order chi connectivity index (χ1) is 7.02.